The van der Waals surface area contributed by atoms with E-state index in [0.717, 1.165) is 31.4 Å². The van der Waals surface area contributed by atoms with Gasteiger partial charge >= 0.3 is 0 Å². The van der Waals surface area contributed by atoms with Crippen LogP contribution in [0.4, 0.5) is 11.4 Å². The van der Waals surface area contributed by atoms with E-state index in [1.165, 1.54) is 0 Å². The zero-order valence-corrected chi connectivity index (χ0v) is 12.2. The van der Waals surface area contributed by atoms with Gasteiger partial charge in [0.1, 0.15) is 5.69 Å². The molecule has 1 saturated heterocycles. The van der Waals surface area contributed by atoms with Gasteiger partial charge in [-0.05, 0) is 37.3 Å². The second-order valence-electron chi connectivity index (χ2n) is 5.63. The molecule has 2 atom stereocenters. The van der Waals surface area contributed by atoms with Gasteiger partial charge in [0.25, 0.3) is 5.69 Å². The minimum absolute atomic E-state index is 0.193. The van der Waals surface area contributed by atoms with E-state index < -0.39 is 0 Å². The Kier molecular flexibility index (Phi) is 4.60. The lowest BCUT2D eigenvalue weighted by Crippen LogP contribution is -2.47. The molecule has 0 aromatic heterocycles. The van der Waals surface area contributed by atoms with Crippen LogP contribution >= 0.6 is 0 Å². The summed E-state index contributed by atoms with van der Waals surface area (Å²) >= 11 is 0. The molecule has 1 fully saturated rings. The van der Waals surface area contributed by atoms with Crippen LogP contribution in [0.5, 0.6) is 0 Å². The van der Waals surface area contributed by atoms with Crippen LogP contribution in [0.25, 0.3) is 0 Å². The summed E-state index contributed by atoms with van der Waals surface area (Å²) in [5.74, 6) is 0.685. The molecule has 5 nitrogen and oxygen atoms in total. The first kappa shape index (κ1) is 14.8. The molecule has 0 amide bonds. The molecule has 1 heterocycles. The SMILES string of the molecule is CCC1CCN(c2ccc(C)cc2[N+](=O)[O-])C(CN)C1. The van der Waals surface area contributed by atoms with Crippen LogP contribution in [0, 0.1) is 23.0 Å². The third kappa shape index (κ3) is 2.93. The molecule has 0 spiro atoms. The third-order valence-electron chi connectivity index (χ3n) is 4.31. The van der Waals surface area contributed by atoms with E-state index in [9.17, 15) is 10.1 Å². The van der Waals surface area contributed by atoms with Crippen LogP contribution in [0.3, 0.4) is 0 Å². The van der Waals surface area contributed by atoms with Crippen LogP contribution in [-0.4, -0.2) is 24.1 Å². The molecule has 2 unspecified atom stereocenters. The van der Waals surface area contributed by atoms with Gasteiger partial charge in [-0.15, -0.1) is 0 Å². The smallest absolute Gasteiger partial charge is 0.292 e. The summed E-state index contributed by atoms with van der Waals surface area (Å²) in [6, 6.07) is 5.65. The molecule has 0 aliphatic carbocycles. The van der Waals surface area contributed by atoms with E-state index in [2.05, 4.69) is 11.8 Å². The Bertz CT molecular complexity index is 490. The largest absolute Gasteiger partial charge is 0.362 e. The maximum atomic E-state index is 11.3. The monoisotopic (exact) mass is 277 g/mol. The lowest BCUT2D eigenvalue weighted by Gasteiger charge is -2.40. The van der Waals surface area contributed by atoms with Crippen LogP contribution in [0.1, 0.15) is 31.7 Å². The number of piperidine rings is 1. The topological polar surface area (TPSA) is 72.4 Å². The van der Waals surface area contributed by atoms with Gasteiger partial charge in [-0.1, -0.05) is 19.4 Å². The van der Waals surface area contributed by atoms with Crippen LogP contribution in [-0.2, 0) is 0 Å². The van der Waals surface area contributed by atoms with Crippen molar-refractivity contribution in [1.29, 1.82) is 0 Å². The molecular weight excluding hydrogens is 254 g/mol. The van der Waals surface area contributed by atoms with E-state index in [1.807, 2.05) is 19.1 Å². The van der Waals surface area contributed by atoms with Crippen molar-refractivity contribution in [3.8, 4) is 0 Å². The molecule has 20 heavy (non-hydrogen) atoms. The van der Waals surface area contributed by atoms with Gasteiger partial charge in [-0.2, -0.15) is 0 Å². The third-order valence-corrected chi connectivity index (χ3v) is 4.31. The van der Waals surface area contributed by atoms with Gasteiger partial charge in [-0.25, -0.2) is 0 Å². The average Bonchev–Trinajstić information content (AvgIpc) is 2.46. The van der Waals surface area contributed by atoms with E-state index in [-0.39, 0.29) is 16.7 Å². The Hall–Kier alpha value is -1.62. The molecule has 2 N–H and O–H groups in total. The van der Waals surface area contributed by atoms with Gasteiger partial charge in [0, 0.05) is 25.2 Å². The Labute approximate surface area is 119 Å². The number of nitrogens with two attached hydrogens (primary N) is 1. The summed E-state index contributed by atoms with van der Waals surface area (Å²) in [4.78, 5) is 13.1. The Morgan fingerprint density at radius 3 is 2.85 bits per heavy atom. The Balaban J connectivity index is 2.33. The minimum Gasteiger partial charge on any atom is -0.362 e. The Morgan fingerprint density at radius 2 is 2.25 bits per heavy atom. The number of aryl methyl sites for hydroxylation is 1. The van der Waals surface area contributed by atoms with Gasteiger partial charge in [0.05, 0.1) is 4.92 Å². The zero-order chi connectivity index (χ0) is 14.7. The molecule has 1 aliphatic rings. The van der Waals surface area contributed by atoms with Crippen molar-refractivity contribution in [2.75, 3.05) is 18.0 Å². The van der Waals surface area contributed by atoms with Crippen molar-refractivity contribution in [2.45, 2.75) is 39.2 Å². The molecule has 0 saturated carbocycles. The number of nitrogens with zero attached hydrogens (tertiary/aromatic N) is 2. The minimum atomic E-state index is -0.290. The normalized spacial score (nSPS) is 22.9. The summed E-state index contributed by atoms with van der Waals surface area (Å²) in [7, 11) is 0. The first-order valence-corrected chi connectivity index (χ1v) is 7.28. The lowest BCUT2D eigenvalue weighted by atomic mass is 9.88. The molecule has 110 valence electrons. The van der Waals surface area contributed by atoms with Gasteiger partial charge in [-0.3, -0.25) is 10.1 Å². The molecule has 2 rings (SSSR count). The molecule has 1 aliphatic heterocycles. The molecular formula is C15H23N3O2. The van der Waals surface area contributed by atoms with Gasteiger partial charge < -0.3 is 10.6 Å². The number of nitro benzene ring substituents is 1. The molecule has 1 aromatic rings. The highest BCUT2D eigenvalue weighted by atomic mass is 16.6. The number of nitro groups is 1. The first-order chi connectivity index (χ1) is 9.56. The number of benzene rings is 1. The predicted molar refractivity (Wildman–Crippen MR) is 81.0 cm³/mol. The van der Waals surface area contributed by atoms with E-state index in [0.29, 0.717) is 18.2 Å². The molecule has 0 radical (unpaired) electrons. The number of anilines is 1. The van der Waals surface area contributed by atoms with Crippen molar-refractivity contribution < 1.29 is 4.92 Å². The molecule has 0 bridgehead atoms. The average molecular weight is 277 g/mol. The fourth-order valence-corrected chi connectivity index (χ4v) is 3.07. The van der Waals surface area contributed by atoms with E-state index in [1.54, 1.807) is 6.07 Å². The maximum Gasteiger partial charge on any atom is 0.292 e. The van der Waals surface area contributed by atoms with Crippen molar-refractivity contribution in [3.63, 3.8) is 0 Å². The summed E-state index contributed by atoms with van der Waals surface area (Å²) < 4.78 is 0. The van der Waals surface area contributed by atoms with Crippen molar-refractivity contribution >= 4 is 11.4 Å². The van der Waals surface area contributed by atoms with Gasteiger partial charge in [0.15, 0.2) is 0 Å². The van der Waals surface area contributed by atoms with Crippen molar-refractivity contribution in [2.24, 2.45) is 11.7 Å². The quantitative estimate of drug-likeness (QED) is 0.678. The second kappa shape index (κ2) is 6.22. The Morgan fingerprint density at radius 1 is 1.50 bits per heavy atom. The molecule has 1 aromatic carbocycles. The fourth-order valence-electron chi connectivity index (χ4n) is 3.07. The summed E-state index contributed by atoms with van der Waals surface area (Å²) in [5, 5.41) is 11.3. The van der Waals surface area contributed by atoms with E-state index >= 15 is 0 Å². The zero-order valence-electron chi connectivity index (χ0n) is 12.2. The summed E-state index contributed by atoms with van der Waals surface area (Å²) in [5.41, 5.74) is 7.71. The first-order valence-electron chi connectivity index (χ1n) is 7.28. The highest BCUT2D eigenvalue weighted by molar-refractivity contribution is 5.65. The van der Waals surface area contributed by atoms with Gasteiger partial charge in [0.2, 0.25) is 0 Å². The van der Waals surface area contributed by atoms with Crippen molar-refractivity contribution in [1.82, 2.24) is 0 Å². The highest BCUT2D eigenvalue weighted by Gasteiger charge is 2.30. The summed E-state index contributed by atoms with van der Waals surface area (Å²) in [6.07, 6.45) is 3.26. The molecule has 5 heteroatoms. The predicted octanol–water partition coefficient (Wildman–Crippen LogP) is 2.86. The number of hydrogen-bond donors (Lipinski definition) is 1. The fraction of sp³-hybridized carbons (Fsp3) is 0.600. The summed E-state index contributed by atoms with van der Waals surface area (Å²) in [6.45, 7) is 5.47. The van der Waals surface area contributed by atoms with Crippen LogP contribution in [0.2, 0.25) is 0 Å². The maximum absolute atomic E-state index is 11.3. The van der Waals surface area contributed by atoms with E-state index in [4.69, 9.17) is 5.73 Å². The lowest BCUT2D eigenvalue weighted by molar-refractivity contribution is -0.384. The standard InChI is InChI=1S/C15H23N3O2/c1-3-12-6-7-17(13(9-12)10-16)14-5-4-11(2)8-15(14)18(19)20/h4-5,8,12-13H,3,6-7,9-10,16H2,1-2H3. The number of hydrogen-bond acceptors (Lipinski definition) is 4. The van der Waals surface area contributed by atoms with Crippen LogP contribution < -0.4 is 10.6 Å². The highest BCUT2D eigenvalue weighted by Crippen LogP contribution is 2.35. The van der Waals surface area contributed by atoms with Crippen LogP contribution in [0.15, 0.2) is 18.2 Å². The van der Waals surface area contributed by atoms with Crippen molar-refractivity contribution in [3.05, 3.63) is 33.9 Å². The second-order valence-corrected chi connectivity index (χ2v) is 5.63. The number of rotatable bonds is 4.